The fourth-order valence-electron chi connectivity index (χ4n) is 1.75. The summed E-state index contributed by atoms with van der Waals surface area (Å²) in [4.78, 5) is 26.9. The normalized spacial score (nSPS) is 10.0. The minimum Gasteiger partial charge on any atom is -0.375 e. The Kier molecular flexibility index (Phi) is 6.03. The van der Waals surface area contributed by atoms with Gasteiger partial charge in [0.2, 0.25) is 5.91 Å². The second-order valence-electron chi connectivity index (χ2n) is 4.94. The van der Waals surface area contributed by atoms with Gasteiger partial charge in [0.15, 0.2) is 0 Å². The van der Waals surface area contributed by atoms with Gasteiger partial charge >= 0.3 is 0 Å². The Morgan fingerprint density at radius 2 is 1.70 bits per heavy atom. The van der Waals surface area contributed by atoms with Crippen LogP contribution >= 0.6 is 0 Å². The van der Waals surface area contributed by atoms with Gasteiger partial charge in [-0.25, -0.2) is 0 Å². The standard InChI is InChI=1S/C15H23N3O2/c1-5-10-18(4)13-8-6-12(7-9-13)15(20)16-11-14(19)17(2)3/h6-9H,5,10-11H2,1-4H3,(H,16,20). The van der Waals surface area contributed by atoms with Gasteiger partial charge in [-0.3, -0.25) is 9.59 Å². The second kappa shape index (κ2) is 7.53. The molecule has 0 unspecified atom stereocenters. The first kappa shape index (κ1) is 16.0. The number of amides is 2. The zero-order valence-electron chi connectivity index (χ0n) is 12.6. The number of anilines is 1. The molecule has 0 aromatic heterocycles. The molecule has 1 rings (SSSR count). The first-order chi connectivity index (χ1) is 9.45. The molecule has 0 aliphatic rings. The maximum Gasteiger partial charge on any atom is 0.251 e. The number of nitrogens with zero attached hydrogens (tertiary/aromatic N) is 2. The van der Waals surface area contributed by atoms with Gasteiger partial charge in [0.1, 0.15) is 0 Å². The number of likely N-dealkylation sites (N-methyl/N-ethyl adjacent to an activating group) is 1. The molecule has 20 heavy (non-hydrogen) atoms. The van der Waals surface area contributed by atoms with Crippen molar-refractivity contribution in [2.24, 2.45) is 0 Å². The van der Waals surface area contributed by atoms with Gasteiger partial charge in [0.05, 0.1) is 6.54 Å². The van der Waals surface area contributed by atoms with Crippen molar-refractivity contribution < 1.29 is 9.59 Å². The molecule has 5 heteroatoms. The lowest BCUT2D eigenvalue weighted by Crippen LogP contribution is -2.36. The first-order valence-corrected chi connectivity index (χ1v) is 6.75. The second-order valence-corrected chi connectivity index (χ2v) is 4.94. The molecule has 0 aliphatic carbocycles. The van der Waals surface area contributed by atoms with Crippen molar-refractivity contribution in [3.63, 3.8) is 0 Å². The van der Waals surface area contributed by atoms with Crippen LogP contribution in [0.4, 0.5) is 5.69 Å². The highest BCUT2D eigenvalue weighted by Gasteiger charge is 2.09. The average molecular weight is 277 g/mol. The van der Waals surface area contributed by atoms with Crippen molar-refractivity contribution in [3.8, 4) is 0 Å². The number of hydrogen-bond acceptors (Lipinski definition) is 3. The van der Waals surface area contributed by atoms with E-state index in [1.165, 1.54) is 4.90 Å². The van der Waals surface area contributed by atoms with E-state index in [-0.39, 0.29) is 18.4 Å². The molecule has 1 N–H and O–H groups in total. The summed E-state index contributed by atoms with van der Waals surface area (Å²) in [7, 11) is 5.34. The Bertz CT molecular complexity index is 455. The molecule has 0 aliphatic heterocycles. The van der Waals surface area contributed by atoms with Crippen molar-refractivity contribution >= 4 is 17.5 Å². The molecule has 2 amide bonds. The number of carbonyl (C=O) groups excluding carboxylic acids is 2. The molecule has 0 saturated heterocycles. The summed E-state index contributed by atoms with van der Waals surface area (Å²) in [6.45, 7) is 3.12. The summed E-state index contributed by atoms with van der Waals surface area (Å²) in [6, 6.07) is 7.38. The summed E-state index contributed by atoms with van der Waals surface area (Å²) in [5.41, 5.74) is 1.64. The summed E-state index contributed by atoms with van der Waals surface area (Å²) >= 11 is 0. The molecular weight excluding hydrogens is 254 g/mol. The Morgan fingerprint density at radius 1 is 1.10 bits per heavy atom. The maximum atomic E-state index is 11.9. The Hall–Kier alpha value is -2.04. The zero-order chi connectivity index (χ0) is 15.1. The van der Waals surface area contributed by atoms with E-state index < -0.39 is 0 Å². The number of rotatable bonds is 6. The fourth-order valence-corrected chi connectivity index (χ4v) is 1.75. The van der Waals surface area contributed by atoms with Crippen LogP contribution in [0.5, 0.6) is 0 Å². The summed E-state index contributed by atoms with van der Waals surface area (Å²) < 4.78 is 0. The molecule has 0 fully saturated rings. The topological polar surface area (TPSA) is 52.7 Å². The molecule has 5 nitrogen and oxygen atoms in total. The van der Waals surface area contributed by atoms with Crippen molar-refractivity contribution in [1.29, 1.82) is 0 Å². The van der Waals surface area contributed by atoms with Gasteiger partial charge in [0.25, 0.3) is 5.91 Å². The SMILES string of the molecule is CCCN(C)c1ccc(C(=O)NCC(=O)N(C)C)cc1. The van der Waals surface area contributed by atoms with Gasteiger partial charge in [-0.15, -0.1) is 0 Å². The van der Waals surface area contributed by atoms with E-state index in [9.17, 15) is 9.59 Å². The van der Waals surface area contributed by atoms with E-state index in [1.807, 2.05) is 19.2 Å². The molecule has 0 radical (unpaired) electrons. The molecule has 1 aromatic rings. The van der Waals surface area contributed by atoms with Crippen LogP contribution in [0, 0.1) is 0 Å². The van der Waals surface area contributed by atoms with Crippen molar-refractivity contribution in [2.75, 3.05) is 39.1 Å². The molecule has 0 bridgehead atoms. The van der Waals surface area contributed by atoms with Gasteiger partial charge < -0.3 is 15.1 Å². The summed E-state index contributed by atoms with van der Waals surface area (Å²) in [5, 5.41) is 2.61. The number of hydrogen-bond donors (Lipinski definition) is 1. The van der Waals surface area contributed by atoms with Crippen LogP contribution in [-0.4, -0.2) is 50.9 Å². The highest BCUT2D eigenvalue weighted by atomic mass is 16.2. The Labute approximate surface area is 120 Å². The first-order valence-electron chi connectivity index (χ1n) is 6.75. The van der Waals surface area contributed by atoms with Crippen molar-refractivity contribution in [2.45, 2.75) is 13.3 Å². The van der Waals surface area contributed by atoms with E-state index in [4.69, 9.17) is 0 Å². The number of benzene rings is 1. The predicted molar refractivity (Wildman–Crippen MR) is 81.0 cm³/mol. The van der Waals surface area contributed by atoms with Gasteiger partial charge in [-0.1, -0.05) is 6.92 Å². The summed E-state index contributed by atoms with van der Waals surface area (Å²) in [5.74, 6) is -0.359. The highest BCUT2D eigenvalue weighted by Crippen LogP contribution is 2.13. The van der Waals surface area contributed by atoms with E-state index in [0.717, 1.165) is 18.7 Å². The largest absolute Gasteiger partial charge is 0.375 e. The molecule has 110 valence electrons. The van der Waals surface area contributed by atoms with Crippen LogP contribution in [0.3, 0.4) is 0 Å². The van der Waals surface area contributed by atoms with Crippen LogP contribution in [0.15, 0.2) is 24.3 Å². The van der Waals surface area contributed by atoms with Crippen LogP contribution in [0.2, 0.25) is 0 Å². The lowest BCUT2D eigenvalue weighted by atomic mass is 10.2. The van der Waals surface area contributed by atoms with Gasteiger partial charge in [0, 0.05) is 38.9 Å². The minimum atomic E-state index is -0.232. The van der Waals surface area contributed by atoms with Crippen LogP contribution in [-0.2, 0) is 4.79 Å². The van der Waals surface area contributed by atoms with Crippen molar-refractivity contribution in [1.82, 2.24) is 10.2 Å². The van der Waals surface area contributed by atoms with E-state index in [0.29, 0.717) is 5.56 Å². The monoisotopic (exact) mass is 277 g/mol. The third kappa shape index (κ3) is 4.57. The lowest BCUT2D eigenvalue weighted by Gasteiger charge is -2.18. The predicted octanol–water partition coefficient (Wildman–Crippen LogP) is 1.35. The highest BCUT2D eigenvalue weighted by molar-refractivity contribution is 5.96. The zero-order valence-corrected chi connectivity index (χ0v) is 12.6. The van der Waals surface area contributed by atoms with E-state index >= 15 is 0 Å². The smallest absolute Gasteiger partial charge is 0.251 e. The van der Waals surface area contributed by atoms with Gasteiger partial charge in [-0.05, 0) is 30.7 Å². The third-order valence-corrected chi connectivity index (χ3v) is 3.03. The van der Waals surface area contributed by atoms with Crippen LogP contribution in [0.1, 0.15) is 23.7 Å². The maximum absolute atomic E-state index is 11.9. The van der Waals surface area contributed by atoms with Crippen LogP contribution in [0.25, 0.3) is 0 Å². The van der Waals surface area contributed by atoms with Crippen LogP contribution < -0.4 is 10.2 Å². The quantitative estimate of drug-likeness (QED) is 0.854. The average Bonchev–Trinajstić information content (AvgIpc) is 2.44. The molecule has 0 saturated carbocycles. The molecular formula is C15H23N3O2. The Morgan fingerprint density at radius 3 is 2.20 bits per heavy atom. The minimum absolute atomic E-state index is 0.0172. The van der Waals surface area contributed by atoms with E-state index in [2.05, 4.69) is 17.1 Å². The summed E-state index contributed by atoms with van der Waals surface area (Å²) in [6.07, 6.45) is 1.07. The molecule has 0 heterocycles. The third-order valence-electron chi connectivity index (χ3n) is 3.03. The molecule has 0 spiro atoms. The number of nitrogens with one attached hydrogen (secondary N) is 1. The fraction of sp³-hybridized carbons (Fsp3) is 0.467. The van der Waals surface area contributed by atoms with Gasteiger partial charge in [-0.2, -0.15) is 0 Å². The number of carbonyl (C=O) groups is 2. The molecule has 1 aromatic carbocycles. The van der Waals surface area contributed by atoms with Crippen molar-refractivity contribution in [3.05, 3.63) is 29.8 Å². The van der Waals surface area contributed by atoms with E-state index in [1.54, 1.807) is 26.2 Å². The lowest BCUT2D eigenvalue weighted by molar-refractivity contribution is -0.127. The Balaban J connectivity index is 2.59. The molecule has 0 atom stereocenters.